The van der Waals surface area contributed by atoms with E-state index in [2.05, 4.69) is 19.2 Å². The maximum Gasteiger partial charge on any atom is 0.0794 e. The van der Waals surface area contributed by atoms with E-state index in [9.17, 15) is 5.11 Å². The minimum absolute atomic E-state index is 0.345. The topological polar surface area (TPSA) is 32.3 Å². The Hall–Kier alpha value is -0.0800. The van der Waals surface area contributed by atoms with Crippen molar-refractivity contribution in [2.24, 2.45) is 0 Å². The summed E-state index contributed by atoms with van der Waals surface area (Å²) >= 11 is 0. The fourth-order valence-corrected chi connectivity index (χ4v) is 1.89. The molecular formula is C9H19NO. The highest BCUT2D eigenvalue weighted by molar-refractivity contribution is 4.92. The predicted molar refractivity (Wildman–Crippen MR) is 46.6 cm³/mol. The first kappa shape index (κ1) is 9.01. The molecule has 0 aliphatic carbocycles. The first-order valence-corrected chi connectivity index (χ1v) is 4.68. The van der Waals surface area contributed by atoms with Crippen LogP contribution in [0.15, 0.2) is 0 Å². The summed E-state index contributed by atoms with van der Waals surface area (Å²) in [7, 11) is 0. The van der Waals surface area contributed by atoms with Gasteiger partial charge in [0.05, 0.1) is 5.60 Å². The average molecular weight is 157 g/mol. The number of rotatable bonds is 3. The first-order valence-electron chi connectivity index (χ1n) is 4.68. The minimum atomic E-state index is -0.448. The summed E-state index contributed by atoms with van der Waals surface area (Å²) in [6, 6.07) is 0.345. The van der Waals surface area contributed by atoms with Gasteiger partial charge >= 0.3 is 0 Å². The van der Waals surface area contributed by atoms with Crippen LogP contribution in [0.4, 0.5) is 0 Å². The van der Waals surface area contributed by atoms with E-state index in [4.69, 9.17) is 0 Å². The zero-order valence-electron chi connectivity index (χ0n) is 7.56. The molecule has 1 rings (SSSR count). The zero-order chi connectivity index (χ0) is 8.32. The second kappa shape index (κ2) is 3.55. The Morgan fingerprint density at radius 2 is 2.09 bits per heavy atom. The molecule has 11 heavy (non-hydrogen) atoms. The molecule has 0 aromatic heterocycles. The van der Waals surface area contributed by atoms with Crippen LogP contribution < -0.4 is 5.32 Å². The quantitative estimate of drug-likeness (QED) is 0.647. The molecule has 0 radical (unpaired) electrons. The standard InChI is InChI=1S/C9H19NO/c1-3-9(11,4-2)8-6-5-7-10-8/h8,10-11H,3-7H2,1-2H3. The van der Waals surface area contributed by atoms with Crippen LogP contribution in [0.3, 0.4) is 0 Å². The highest BCUT2D eigenvalue weighted by Gasteiger charge is 2.34. The molecule has 0 spiro atoms. The Morgan fingerprint density at radius 1 is 1.45 bits per heavy atom. The number of hydrogen-bond acceptors (Lipinski definition) is 2. The molecule has 1 saturated heterocycles. The molecular weight excluding hydrogens is 138 g/mol. The molecule has 1 unspecified atom stereocenters. The van der Waals surface area contributed by atoms with E-state index < -0.39 is 5.60 Å². The molecule has 0 aromatic rings. The van der Waals surface area contributed by atoms with Gasteiger partial charge in [0.15, 0.2) is 0 Å². The average Bonchev–Trinajstić information content (AvgIpc) is 2.55. The highest BCUT2D eigenvalue weighted by atomic mass is 16.3. The molecule has 66 valence electrons. The summed E-state index contributed by atoms with van der Waals surface area (Å²) in [6.45, 7) is 5.19. The van der Waals surface area contributed by atoms with E-state index in [1.807, 2.05) is 0 Å². The highest BCUT2D eigenvalue weighted by Crippen LogP contribution is 2.25. The van der Waals surface area contributed by atoms with Gasteiger partial charge in [-0.2, -0.15) is 0 Å². The number of nitrogens with one attached hydrogen (secondary N) is 1. The summed E-state index contributed by atoms with van der Waals surface area (Å²) in [5.74, 6) is 0. The molecule has 2 nitrogen and oxygen atoms in total. The van der Waals surface area contributed by atoms with Crippen molar-refractivity contribution in [3.05, 3.63) is 0 Å². The van der Waals surface area contributed by atoms with Crippen LogP contribution in [-0.4, -0.2) is 23.3 Å². The number of hydrogen-bond donors (Lipinski definition) is 2. The second-order valence-electron chi connectivity index (χ2n) is 3.46. The predicted octanol–water partition coefficient (Wildman–Crippen LogP) is 1.29. The lowest BCUT2D eigenvalue weighted by Crippen LogP contribution is -2.46. The maximum absolute atomic E-state index is 10.1. The summed E-state index contributed by atoms with van der Waals surface area (Å²) in [4.78, 5) is 0. The first-order chi connectivity index (χ1) is 5.23. The lowest BCUT2D eigenvalue weighted by molar-refractivity contribution is 0.000150. The van der Waals surface area contributed by atoms with Gasteiger partial charge in [0, 0.05) is 6.04 Å². The Morgan fingerprint density at radius 3 is 2.45 bits per heavy atom. The lowest BCUT2D eigenvalue weighted by atomic mass is 9.88. The molecule has 2 N–H and O–H groups in total. The van der Waals surface area contributed by atoms with E-state index in [1.165, 1.54) is 6.42 Å². The molecule has 1 heterocycles. The van der Waals surface area contributed by atoms with Crippen LogP contribution in [0.1, 0.15) is 39.5 Å². The third-order valence-corrected chi connectivity index (χ3v) is 2.93. The van der Waals surface area contributed by atoms with Crippen molar-refractivity contribution in [3.63, 3.8) is 0 Å². The normalized spacial score (nSPS) is 25.9. The van der Waals surface area contributed by atoms with E-state index in [0.29, 0.717) is 6.04 Å². The number of aliphatic hydroxyl groups is 1. The Kier molecular flexibility index (Phi) is 2.90. The van der Waals surface area contributed by atoms with E-state index in [0.717, 1.165) is 25.8 Å². The summed E-state index contributed by atoms with van der Waals surface area (Å²) in [5.41, 5.74) is -0.448. The van der Waals surface area contributed by atoms with Crippen LogP contribution in [0, 0.1) is 0 Å². The Bertz CT molecular complexity index is 115. The van der Waals surface area contributed by atoms with Crippen molar-refractivity contribution < 1.29 is 5.11 Å². The van der Waals surface area contributed by atoms with Gasteiger partial charge in [0.25, 0.3) is 0 Å². The summed E-state index contributed by atoms with van der Waals surface area (Å²) in [6.07, 6.45) is 4.08. The van der Waals surface area contributed by atoms with Gasteiger partial charge in [-0.3, -0.25) is 0 Å². The van der Waals surface area contributed by atoms with Crippen LogP contribution in [0.5, 0.6) is 0 Å². The van der Waals surface area contributed by atoms with Crippen molar-refractivity contribution in [2.75, 3.05) is 6.54 Å². The van der Waals surface area contributed by atoms with E-state index in [-0.39, 0.29) is 0 Å². The van der Waals surface area contributed by atoms with E-state index >= 15 is 0 Å². The fraction of sp³-hybridized carbons (Fsp3) is 1.00. The van der Waals surface area contributed by atoms with Crippen LogP contribution in [-0.2, 0) is 0 Å². The Labute approximate surface area is 69.0 Å². The second-order valence-corrected chi connectivity index (χ2v) is 3.46. The fourth-order valence-electron chi connectivity index (χ4n) is 1.89. The van der Waals surface area contributed by atoms with E-state index in [1.54, 1.807) is 0 Å². The van der Waals surface area contributed by atoms with Crippen LogP contribution in [0.2, 0.25) is 0 Å². The smallest absolute Gasteiger partial charge is 0.0794 e. The van der Waals surface area contributed by atoms with Gasteiger partial charge in [-0.1, -0.05) is 13.8 Å². The van der Waals surface area contributed by atoms with Gasteiger partial charge in [0.2, 0.25) is 0 Å². The third kappa shape index (κ3) is 1.74. The van der Waals surface area contributed by atoms with Crippen molar-refractivity contribution in [1.29, 1.82) is 0 Å². The SMILES string of the molecule is CCC(O)(CC)C1CCCN1. The molecule has 0 saturated carbocycles. The van der Waals surface area contributed by atoms with Gasteiger partial charge in [0.1, 0.15) is 0 Å². The summed E-state index contributed by atoms with van der Waals surface area (Å²) in [5, 5.41) is 13.4. The maximum atomic E-state index is 10.1. The van der Waals surface area contributed by atoms with Crippen molar-refractivity contribution >= 4 is 0 Å². The zero-order valence-corrected chi connectivity index (χ0v) is 7.56. The molecule has 1 fully saturated rings. The van der Waals surface area contributed by atoms with Crippen LogP contribution >= 0.6 is 0 Å². The van der Waals surface area contributed by atoms with Gasteiger partial charge < -0.3 is 10.4 Å². The summed E-state index contributed by atoms with van der Waals surface area (Å²) < 4.78 is 0. The van der Waals surface area contributed by atoms with Crippen molar-refractivity contribution in [2.45, 2.75) is 51.2 Å². The minimum Gasteiger partial charge on any atom is -0.388 e. The molecule has 2 heteroatoms. The molecule has 1 aliphatic rings. The van der Waals surface area contributed by atoms with Crippen molar-refractivity contribution in [3.8, 4) is 0 Å². The molecule has 0 bridgehead atoms. The molecule has 1 aliphatic heterocycles. The lowest BCUT2D eigenvalue weighted by Gasteiger charge is -2.32. The monoisotopic (exact) mass is 157 g/mol. The van der Waals surface area contributed by atoms with Gasteiger partial charge in [-0.05, 0) is 32.2 Å². The molecule has 1 atom stereocenters. The third-order valence-electron chi connectivity index (χ3n) is 2.93. The largest absolute Gasteiger partial charge is 0.388 e. The molecule has 0 amide bonds. The van der Waals surface area contributed by atoms with Crippen LogP contribution in [0.25, 0.3) is 0 Å². The van der Waals surface area contributed by atoms with Gasteiger partial charge in [-0.25, -0.2) is 0 Å². The van der Waals surface area contributed by atoms with Gasteiger partial charge in [-0.15, -0.1) is 0 Å². The Balaban J connectivity index is 2.52. The molecule has 0 aromatic carbocycles. The van der Waals surface area contributed by atoms with Crippen molar-refractivity contribution in [1.82, 2.24) is 5.32 Å².